The average molecular weight is 381 g/mol. The van der Waals surface area contributed by atoms with Gasteiger partial charge in [-0.15, -0.1) is 24.0 Å². The van der Waals surface area contributed by atoms with Gasteiger partial charge in [0, 0.05) is 32.4 Å². The molecule has 0 radical (unpaired) electrons. The Morgan fingerprint density at radius 2 is 2.26 bits per heavy atom. The molecule has 0 bridgehead atoms. The molecular formula is C12H24IN5O. The Kier molecular flexibility index (Phi) is 9.58. The average Bonchev–Trinajstić information content (AvgIpc) is 2.64. The highest BCUT2D eigenvalue weighted by Gasteiger charge is 1.99. The maximum absolute atomic E-state index is 5.69. The molecule has 0 saturated heterocycles. The number of hydrogen-bond acceptors (Lipinski definition) is 3. The molecule has 0 aliphatic rings. The number of rotatable bonds is 7. The van der Waals surface area contributed by atoms with Crippen LogP contribution in [0.25, 0.3) is 0 Å². The molecule has 3 N–H and O–H groups in total. The zero-order valence-corrected chi connectivity index (χ0v) is 14.2. The van der Waals surface area contributed by atoms with Gasteiger partial charge in [0.2, 0.25) is 0 Å². The van der Waals surface area contributed by atoms with E-state index in [9.17, 15) is 0 Å². The van der Waals surface area contributed by atoms with Gasteiger partial charge < -0.3 is 15.8 Å². The zero-order chi connectivity index (χ0) is 13.4. The Bertz CT molecular complexity index is 391. The number of hydrogen-bond donors (Lipinski definition) is 2. The van der Waals surface area contributed by atoms with Gasteiger partial charge in [-0.05, 0) is 26.3 Å². The van der Waals surface area contributed by atoms with E-state index in [4.69, 9.17) is 10.5 Å². The lowest BCUT2D eigenvalue weighted by atomic mass is 10.4. The van der Waals surface area contributed by atoms with Crippen molar-refractivity contribution in [2.24, 2.45) is 10.7 Å². The van der Waals surface area contributed by atoms with Gasteiger partial charge in [-0.1, -0.05) is 0 Å². The molecule has 0 atom stereocenters. The second kappa shape index (κ2) is 10.0. The van der Waals surface area contributed by atoms with E-state index in [2.05, 4.69) is 28.4 Å². The predicted molar refractivity (Wildman–Crippen MR) is 88.1 cm³/mol. The highest BCUT2D eigenvalue weighted by molar-refractivity contribution is 14.0. The second-order valence-electron chi connectivity index (χ2n) is 4.19. The number of nitrogens with zero attached hydrogens (tertiary/aromatic N) is 3. The molecule has 1 aromatic rings. The fraction of sp³-hybridized carbons (Fsp3) is 0.667. The summed E-state index contributed by atoms with van der Waals surface area (Å²) in [5.74, 6) is 0.473. The SMILES string of the molecule is COCCNC(N)=NCCCn1nc(C)cc1C.I. The molecule has 19 heavy (non-hydrogen) atoms. The van der Waals surface area contributed by atoms with Crippen LogP contribution in [0.1, 0.15) is 17.8 Å². The first-order valence-electron chi connectivity index (χ1n) is 6.17. The van der Waals surface area contributed by atoms with E-state index < -0.39 is 0 Å². The number of nitrogens with two attached hydrogens (primary N) is 1. The molecule has 110 valence electrons. The van der Waals surface area contributed by atoms with Crippen LogP contribution in [0.2, 0.25) is 0 Å². The summed E-state index contributed by atoms with van der Waals surface area (Å²) in [5.41, 5.74) is 7.92. The number of nitrogens with one attached hydrogen (secondary N) is 1. The van der Waals surface area contributed by atoms with Crippen LogP contribution >= 0.6 is 24.0 Å². The Balaban J connectivity index is 0.00000324. The van der Waals surface area contributed by atoms with E-state index in [1.165, 1.54) is 5.69 Å². The predicted octanol–water partition coefficient (Wildman–Crippen LogP) is 1.06. The Hall–Kier alpha value is -0.830. The van der Waals surface area contributed by atoms with Gasteiger partial charge in [0.25, 0.3) is 0 Å². The van der Waals surface area contributed by atoms with E-state index in [1.54, 1.807) is 7.11 Å². The molecule has 0 aliphatic carbocycles. The molecule has 7 heteroatoms. The van der Waals surface area contributed by atoms with Gasteiger partial charge in [-0.3, -0.25) is 9.67 Å². The molecular weight excluding hydrogens is 357 g/mol. The molecule has 0 spiro atoms. The number of methoxy groups -OCH3 is 1. The summed E-state index contributed by atoms with van der Waals surface area (Å²) < 4.78 is 6.91. The van der Waals surface area contributed by atoms with Crippen molar-refractivity contribution < 1.29 is 4.74 Å². The number of guanidine groups is 1. The van der Waals surface area contributed by atoms with Crippen molar-refractivity contribution >= 4 is 29.9 Å². The molecule has 0 saturated carbocycles. The molecule has 1 heterocycles. The largest absolute Gasteiger partial charge is 0.383 e. The van der Waals surface area contributed by atoms with E-state index in [-0.39, 0.29) is 24.0 Å². The molecule has 0 aliphatic heterocycles. The van der Waals surface area contributed by atoms with Crippen LogP contribution in [-0.4, -0.2) is 42.5 Å². The molecule has 0 unspecified atom stereocenters. The summed E-state index contributed by atoms with van der Waals surface area (Å²) in [6.07, 6.45) is 0.925. The van der Waals surface area contributed by atoms with Crippen molar-refractivity contribution in [2.45, 2.75) is 26.8 Å². The highest BCUT2D eigenvalue weighted by atomic mass is 127. The van der Waals surface area contributed by atoms with Gasteiger partial charge in [0.05, 0.1) is 12.3 Å². The summed E-state index contributed by atoms with van der Waals surface area (Å²) in [6, 6.07) is 2.07. The third-order valence-corrected chi connectivity index (χ3v) is 2.53. The number of aliphatic imine (C=N–C) groups is 1. The summed E-state index contributed by atoms with van der Waals surface area (Å²) >= 11 is 0. The smallest absolute Gasteiger partial charge is 0.188 e. The van der Waals surface area contributed by atoms with Crippen LogP contribution in [0.5, 0.6) is 0 Å². The van der Waals surface area contributed by atoms with E-state index in [0.717, 1.165) is 18.7 Å². The number of ether oxygens (including phenoxy) is 1. The Morgan fingerprint density at radius 1 is 1.53 bits per heavy atom. The maximum atomic E-state index is 5.69. The lowest BCUT2D eigenvalue weighted by molar-refractivity contribution is 0.204. The first kappa shape index (κ1) is 18.2. The fourth-order valence-electron chi connectivity index (χ4n) is 1.66. The summed E-state index contributed by atoms with van der Waals surface area (Å²) in [5, 5.41) is 7.37. The minimum absolute atomic E-state index is 0. The van der Waals surface area contributed by atoms with Crippen LogP contribution < -0.4 is 11.1 Å². The molecule has 6 nitrogen and oxygen atoms in total. The van der Waals surface area contributed by atoms with E-state index in [0.29, 0.717) is 25.7 Å². The lowest BCUT2D eigenvalue weighted by Crippen LogP contribution is -2.34. The van der Waals surface area contributed by atoms with Crippen molar-refractivity contribution in [1.29, 1.82) is 0 Å². The van der Waals surface area contributed by atoms with Gasteiger partial charge in [0.1, 0.15) is 0 Å². The number of aromatic nitrogens is 2. The zero-order valence-electron chi connectivity index (χ0n) is 11.8. The standard InChI is InChI=1S/C12H23N5O.HI/c1-10-9-11(2)17(16-10)7-4-5-14-12(13)15-6-8-18-3;/h9H,4-8H2,1-3H3,(H3,13,14,15);1H. The minimum atomic E-state index is 0. The van der Waals surface area contributed by atoms with Gasteiger partial charge in [0.15, 0.2) is 5.96 Å². The quantitative estimate of drug-likeness (QED) is 0.321. The van der Waals surface area contributed by atoms with E-state index in [1.807, 2.05) is 11.6 Å². The molecule has 0 amide bonds. The van der Waals surface area contributed by atoms with Crippen molar-refractivity contribution in [3.8, 4) is 0 Å². The van der Waals surface area contributed by atoms with Crippen LogP contribution in [0.15, 0.2) is 11.1 Å². The molecule has 0 aromatic carbocycles. The lowest BCUT2D eigenvalue weighted by Gasteiger charge is -2.05. The van der Waals surface area contributed by atoms with E-state index >= 15 is 0 Å². The molecule has 1 aromatic heterocycles. The van der Waals surface area contributed by atoms with Crippen molar-refractivity contribution in [3.63, 3.8) is 0 Å². The maximum Gasteiger partial charge on any atom is 0.188 e. The molecule has 1 rings (SSSR count). The van der Waals surface area contributed by atoms with Gasteiger partial charge in [-0.25, -0.2) is 0 Å². The summed E-state index contributed by atoms with van der Waals surface area (Å²) in [4.78, 5) is 4.23. The third kappa shape index (κ3) is 7.36. The summed E-state index contributed by atoms with van der Waals surface area (Å²) in [6.45, 7) is 6.94. The Labute approximate surface area is 131 Å². The second-order valence-corrected chi connectivity index (χ2v) is 4.19. The molecule has 0 fully saturated rings. The van der Waals surface area contributed by atoms with Gasteiger partial charge in [-0.2, -0.15) is 5.10 Å². The normalized spacial score (nSPS) is 11.2. The van der Waals surface area contributed by atoms with Crippen LogP contribution in [0, 0.1) is 13.8 Å². The number of halogens is 1. The Morgan fingerprint density at radius 3 is 2.84 bits per heavy atom. The first-order valence-corrected chi connectivity index (χ1v) is 6.17. The third-order valence-electron chi connectivity index (χ3n) is 2.53. The summed E-state index contributed by atoms with van der Waals surface area (Å²) in [7, 11) is 1.66. The minimum Gasteiger partial charge on any atom is -0.383 e. The van der Waals surface area contributed by atoms with Crippen molar-refractivity contribution in [2.75, 3.05) is 26.8 Å². The topological polar surface area (TPSA) is 77.5 Å². The first-order chi connectivity index (χ1) is 8.63. The fourth-order valence-corrected chi connectivity index (χ4v) is 1.66. The van der Waals surface area contributed by atoms with Crippen molar-refractivity contribution in [1.82, 2.24) is 15.1 Å². The monoisotopic (exact) mass is 381 g/mol. The van der Waals surface area contributed by atoms with Gasteiger partial charge >= 0.3 is 0 Å². The van der Waals surface area contributed by atoms with Crippen LogP contribution in [0.3, 0.4) is 0 Å². The van der Waals surface area contributed by atoms with Crippen molar-refractivity contribution in [3.05, 3.63) is 17.5 Å². The highest BCUT2D eigenvalue weighted by Crippen LogP contribution is 2.02. The van der Waals surface area contributed by atoms with Crippen LogP contribution in [-0.2, 0) is 11.3 Å². The van der Waals surface area contributed by atoms with Crippen LogP contribution in [0.4, 0.5) is 0 Å². The number of aryl methyl sites for hydroxylation is 3.